The minimum atomic E-state index is -0.0729. The van der Waals surface area contributed by atoms with E-state index in [4.69, 9.17) is 5.73 Å². The van der Waals surface area contributed by atoms with Gasteiger partial charge < -0.3 is 5.73 Å². The van der Waals surface area contributed by atoms with Crippen molar-refractivity contribution in [3.05, 3.63) is 71.3 Å². The summed E-state index contributed by atoms with van der Waals surface area (Å²) < 4.78 is 0. The molecule has 1 nitrogen and oxygen atoms in total. The molecule has 0 bridgehead atoms. The molecule has 18 heavy (non-hydrogen) atoms. The largest absolute Gasteiger partial charge is 0.323 e. The fraction of sp³-hybridized carbons (Fsp3) is 0.294. The van der Waals surface area contributed by atoms with E-state index in [1.807, 2.05) is 6.07 Å². The van der Waals surface area contributed by atoms with Crippen molar-refractivity contribution in [2.75, 3.05) is 0 Å². The average molecular weight is 239 g/mol. The Bertz CT molecular complexity index is 497. The first-order chi connectivity index (χ1) is 8.51. The predicted molar refractivity (Wildman–Crippen MR) is 77.6 cm³/mol. The van der Waals surface area contributed by atoms with Crippen LogP contribution in [0.1, 0.15) is 36.6 Å². The summed E-state index contributed by atoms with van der Waals surface area (Å²) in [4.78, 5) is 0. The predicted octanol–water partition coefficient (Wildman–Crippen LogP) is 3.97. The molecule has 2 N–H and O–H groups in total. The zero-order valence-corrected chi connectivity index (χ0v) is 11.4. The topological polar surface area (TPSA) is 26.0 Å². The number of benzene rings is 2. The third-order valence-corrected chi connectivity index (χ3v) is 3.73. The minimum Gasteiger partial charge on any atom is -0.323 e. The second-order valence-corrected chi connectivity index (χ2v) is 5.48. The standard InChI is InChI=1S/C17H21N/c1-13-9-11-14(12-10-13)16(18)17(2,3)15-7-5-4-6-8-15/h4-12,16H,18H2,1-3H3. The van der Waals surface area contributed by atoms with E-state index < -0.39 is 0 Å². The summed E-state index contributed by atoms with van der Waals surface area (Å²) in [6.07, 6.45) is 0. The number of nitrogens with two attached hydrogens (primary N) is 1. The zero-order valence-electron chi connectivity index (χ0n) is 11.4. The number of aryl methyl sites for hydroxylation is 1. The van der Waals surface area contributed by atoms with Crippen LogP contribution in [0.4, 0.5) is 0 Å². The molecule has 0 aliphatic carbocycles. The molecule has 0 heterocycles. The molecule has 0 aliphatic rings. The Kier molecular flexibility index (Phi) is 3.53. The van der Waals surface area contributed by atoms with Crippen LogP contribution in [0.2, 0.25) is 0 Å². The lowest BCUT2D eigenvalue weighted by molar-refractivity contribution is 0.421. The van der Waals surface area contributed by atoms with Crippen molar-refractivity contribution < 1.29 is 0 Å². The highest BCUT2D eigenvalue weighted by atomic mass is 14.7. The molecule has 2 aromatic carbocycles. The molecule has 0 saturated heterocycles. The summed E-state index contributed by atoms with van der Waals surface area (Å²) in [5.41, 5.74) is 10.1. The van der Waals surface area contributed by atoms with Crippen LogP contribution in [-0.4, -0.2) is 0 Å². The third-order valence-electron chi connectivity index (χ3n) is 3.73. The quantitative estimate of drug-likeness (QED) is 0.861. The van der Waals surface area contributed by atoms with E-state index in [0.29, 0.717) is 0 Å². The first-order valence-corrected chi connectivity index (χ1v) is 6.39. The Morgan fingerprint density at radius 1 is 0.889 bits per heavy atom. The van der Waals surface area contributed by atoms with Crippen molar-refractivity contribution >= 4 is 0 Å². The Morgan fingerprint density at radius 2 is 1.44 bits per heavy atom. The van der Waals surface area contributed by atoms with Crippen molar-refractivity contribution in [1.29, 1.82) is 0 Å². The Hall–Kier alpha value is -1.60. The average Bonchev–Trinajstić information content (AvgIpc) is 2.40. The van der Waals surface area contributed by atoms with Crippen LogP contribution < -0.4 is 5.73 Å². The zero-order chi connectivity index (χ0) is 13.2. The number of rotatable bonds is 3. The van der Waals surface area contributed by atoms with Crippen LogP contribution in [0.25, 0.3) is 0 Å². The number of hydrogen-bond acceptors (Lipinski definition) is 1. The molecule has 0 amide bonds. The molecule has 1 unspecified atom stereocenters. The normalized spacial score (nSPS) is 13.3. The highest BCUT2D eigenvalue weighted by Crippen LogP contribution is 2.34. The van der Waals surface area contributed by atoms with Crippen LogP contribution in [0.3, 0.4) is 0 Å². The molecule has 0 fully saturated rings. The summed E-state index contributed by atoms with van der Waals surface area (Å²) >= 11 is 0. The molecule has 2 rings (SSSR count). The maximum atomic E-state index is 6.45. The first-order valence-electron chi connectivity index (χ1n) is 6.39. The lowest BCUT2D eigenvalue weighted by Gasteiger charge is -2.32. The van der Waals surface area contributed by atoms with E-state index in [1.165, 1.54) is 16.7 Å². The van der Waals surface area contributed by atoms with Gasteiger partial charge in [-0.25, -0.2) is 0 Å². The van der Waals surface area contributed by atoms with E-state index in [0.717, 1.165) is 0 Å². The van der Waals surface area contributed by atoms with Gasteiger partial charge >= 0.3 is 0 Å². The molecule has 1 atom stereocenters. The molecule has 0 radical (unpaired) electrons. The Balaban J connectivity index is 2.32. The van der Waals surface area contributed by atoms with Crippen molar-refractivity contribution in [3.8, 4) is 0 Å². The maximum Gasteiger partial charge on any atom is 0.0387 e. The maximum absolute atomic E-state index is 6.45. The fourth-order valence-electron chi connectivity index (χ4n) is 2.24. The van der Waals surface area contributed by atoms with E-state index in [9.17, 15) is 0 Å². The van der Waals surface area contributed by atoms with E-state index >= 15 is 0 Å². The molecular weight excluding hydrogens is 218 g/mol. The lowest BCUT2D eigenvalue weighted by Crippen LogP contribution is -2.33. The summed E-state index contributed by atoms with van der Waals surface area (Å²) in [7, 11) is 0. The van der Waals surface area contributed by atoms with Crippen LogP contribution in [0.5, 0.6) is 0 Å². The number of hydrogen-bond donors (Lipinski definition) is 1. The monoisotopic (exact) mass is 239 g/mol. The van der Waals surface area contributed by atoms with Gasteiger partial charge in [0.1, 0.15) is 0 Å². The van der Waals surface area contributed by atoms with Gasteiger partial charge in [0, 0.05) is 11.5 Å². The second kappa shape index (κ2) is 4.95. The lowest BCUT2D eigenvalue weighted by atomic mass is 9.75. The van der Waals surface area contributed by atoms with Gasteiger partial charge in [0.05, 0.1) is 0 Å². The smallest absolute Gasteiger partial charge is 0.0387 e. The van der Waals surface area contributed by atoms with Crippen molar-refractivity contribution in [2.24, 2.45) is 5.73 Å². The van der Waals surface area contributed by atoms with Gasteiger partial charge in [-0.3, -0.25) is 0 Å². The molecular formula is C17H21N. The van der Waals surface area contributed by atoms with Gasteiger partial charge in [-0.1, -0.05) is 74.0 Å². The van der Waals surface area contributed by atoms with Gasteiger partial charge in [-0.2, -0.15) is 0 Å². The molecule has 0 aromatic heterocycles. The highest BCUT2D eigenvalue weighted by Gasteiger charge is 2.29. The Labute approximate surface area is 110 Å². The summed E-state index contributed by atoms with van der Waals surface area (Å²) in [5.74, 6) is 0. The van der Waals surface area contributed by atoms with E-state index in [1.54, 1.807) is 0 Å². The van der Waals surface area contributed by atoms with Crippen molar-refractivity contribution in [3.63, 3.8) is 0 Å². The van der Waals surface area contributed by atoms with Crippen LogP contribution in [-0.2, 0) is 5.41 Å². The molecule has 94 valence electrons. The van der Waals surface area contributed by atoms with E-state index in [-0.39, 0.29) is 11.5 Å². The highest BCUT2D eigenvalue weighted by molar-refractivity contribution is 5.32. The van der Waals surface area contributed by atoms with Gasteiger partial charge in [0.25, 0.3) is 0 Å². The van der Waals surface area contributed by atoms with Gasteiger partial charge in [0.2, 0.25) is 0 Å². The van der Waals surface area contributed by atoms with E-state index in [2.05, 4.69) is 69.3 Å². The molecule has 0 aliphatic heterocycles. The minimum absolute atomic E-state index is 0.000463. The third kappa shape index (κ3) is 2.46. The van der Waals surface area contributed by atoms with Gasteiger partial charge in [0.15, 0.2) is 0 Å². The second-order valence-electron chi connectivity index (χ2n) is 5.48. The van der Waals surface area contributed by atoms with Crippen molar-refractivity contribution in [2.45, 2.75) is 32.2 Å². The van der Waals surface area contributed by atoms with Crippen LogP contribution in [0, 0.1) is 6.92 Å². The SMILES string of the molecule is Cc1ccc(C(N)C(C)(C)c2ccccc2)cc1. The van der Waals surface area contributed by atoms with Crippen LogP contribution >= 0.6 is 0 Å². The van der Waals surface area contributed by atoms with Gasteiger partial charge in [-0.15, -0.1) is 0 Å². The summed E-state index contributed by atoms with van der Waals surface area (Å²) in [6.45, 7) is 6.50. The molecule has 0 saturated carbocycles. The molecule has 2 aromatic rings. The molecule has 0 spiro atoms. The fourth-order valence-corrected chi connectivity index (χ4v) is 2.24. The first kappa shape index (κ1) is 12.8. The van der Waals surface area contributed by atoms with Crippen molar-refractivity contribution in [1.82, 2.24) is 0 Å². The summed E-state index contributed by atoms with van der Waals surface area (Å²) in [6, 6.07) is 19.0. The summed E-state index contributed by atoms with van der Waals surface area (Å²) in [5, 5.41) is 0. The molecule has 1 heteroatoms. The Morgan fingerprint density at radius 3 is 2.00 bits per heavy atom. The van der Waals surface area contributed by atoms with Gasteiger partial charge in [-0.05, 0) is 18.1 Å². The van der Waals surface area contributed by atoms with Crippen LogP contribution in [0.15, 0.2) is 54.6 Å².